The van der Waals surface area contributed by atoms with Crippen molar-refractivity contribution < 1.29 is 9.59 Å². The molecule has 0 saturated carbocycles. The minimum absolute atomic E-state index is 0.0918. The average Bonchev–Trinajstić information content (AvgIpc) is 2.95. The summed E-state index contributed by atoms with van der Waals surface area (Å²) in [6.45, 7) is 4.35. The van der Waals surface area contributed by atoms with Gasteiger partial charge in [-0.2, -0.15) is 0 Å². The van der Waals surface area contributed by atoms with Crippen LogP contribution in [-0.4, -0.2) is 52.8 Å². The van der Waals surface area contributed by atoms with Gasteiger partial charge in [0, 0.05) is 50.9 Å². The molecule has 1 N–H and O–H groups in total. The summed E-state index contributed by atoms with van der Waals surface area (Å²) in [7, 11) is 0. The van der Waals surface area contributed by atoms with E-state index in [0.29, 0.717) is 25.9 Å². The molecule has 0 bridgehead atoms. The fourth-order valence-corrected chi connectivity index (χ4v) is 3.25. The fourth-order valence-electron chi connectivity index (χ4n) is 3.25. The van der Waals surface area contributed by atoms with Crippen LogP contribution in [0.4, 0.5) is 0 Å². The first kappa shape index (κ1) is 17.3. The van der Waals surface area contributed by atoms with Gasteiger partial charge in [0.05, 0.1) is 0 Å². The Labute approximate surface area is 148 Å². The summed E-state index contributed by atoms with van der Waals surface area (Å²) in [5.74, 6) is 0.260. The van der Waals surface area contributed by atoms with Crippen LogP contribution in [0.15, 0.2) is 42.5 Å². The van der Waals surface area contributed by atoms with Crippen LogP contribution in [0.1, 0.15) is 25.5 Å². The Kier molecular flexibility index (Phi) is 5.53. The molecular weight excluding hydrogens is 314 g/mol. The number of rotatable bonds is 4. The lowest BCUT2D eigenvalue weighted by Crippen LogP contribution is -2.36. The number of aromatic amines is 1. The second kappa shape index (κ2) is 8.01. The number of amides is 2. The van der Waals surface area contributed by atoms with Crippen molar-refractivity contribution >= 4 is 11.8 Å². The van der Waals surface area contributed by atoms with E-state index in [1.807, 2.05) is 28.0 Å². The molecule has 1 aromatic heterocycles. The van der Waals surface area contributed by atoms with Gasteiger partial charge in [0.1, 0.15) is 0 Å². The number of carbonyl (C=O) groups excluding carboxylic acids is 2. The molecule has 5 nitrogen and oxygen atoms in total. The molecule has 25 heavy (non-hydrogen) atoms. The average molecular weight is 339 g/mol. The van der Waals surface area contributed by atoms with Gasteiger partial charge in [-0.1, -0.05) is 30.3 Å². The number of aryl methyl sites for hydroxylation is 1. The highest BCUT2D eigenvalue weighted by atomic mass is 16.2. The maximum absolute atomic E-state index is 12.5. The third-order valence-corrected chi connectivity index (χ3v) is 4.73. The van der Waals surface area contributed by atoms with Crippen LogP contribution in [0, 0.1) is 0 Å². The summed E-state index contributed by atoms with van der Waals surface area (Å²) in [5, 5.41) is 0. The zero-order valence-electron chi connectivity index (χ0n) is 14.7. The Balaban J connectivity index is 1.52. The first-order chi connectivity index (χ1) is 12.1. The summed E-state index contributed by atoms with van der Waals surface area (Å²) in [4.78, 5) is 31.1. The molecule has 1 aliphatic rings. The van der Waals surface area contributed by atoms with Gasteiger partial charge in [-0.05, 0) is 30.5 Å². The molecule has 2 aromatic rings. The van der Waals surface area contributed by atoms with Crippen LogP contribution in [0.2, 0.25) is 0 Å². The number of carbonyl (C=O) groups is 2. The molecule has 0 unspecified atom stereocenters. The van der Waals surface area contributed by atoms with Crippen molar-refractivity contribution in [3.05, 3.63) is 48.2 Å². The van der Waals surface area contributed by atoms with Gasteiger partial charge in [-0.3, -0.25) is 9.59 Å². The highest BCUT2D eigenvalue weighted by molar-refractivity contribution is 5.77. The molecule has 3 rings (SSSR count). The van der Waals surface area contributed by atoms with Gasteiger partial charge >= 0.3 is 0 Å². The molecule has 1 aromatic carbocycles. The number of hydrogen-bond donors (Lipinski definition) is 1. The molecule has 2 heterocycles. The van der Waals surface area contributed by atoms with E-state index >= 15 is 0 Å². The number of H-pyrrole nitrogens is 1. The highest BCUT2D eigenvalue weighted by Gasteiger charge is 2.20. The van der Waals surface area contributed by atoms with E-state index in [4.69, 9.17) is 0 Å². The molecule has 1 saturated heterocycles. The van der Waals surface area contributed by atoms with Gasteiger partial charge in [0.25, 0.3) is 0 Å². The maximum atomic E-state index is 12.5. The zero-order valence-corrected chi connectivity index (χ0v) is 14.7. The van der Waals surface area contributed by atoms with E-state index in [-0.39, 0.29) is 11.8 Å². The molecule has 1 aliphatic heterocycles. The van der Waals surface area contributed by atoms with Crippen LogP contribution in [0.25, 0.3) is 11.3 Å². The van der Waals surface area contributed by atoms with E-state index in [2.05, 4.69) is 29.2 Å². The van der Waals surface area contributed by atoms with Crippen LogP contribution < -0.4 is 0 Å². The molecule has 5 heteroatoms. The van der Waals surface area contributed by atoms with Crippen molar-refractivity contribution in [3.63, 3.8) is 0 Å². The third kappa shape index (κ3) is 4.50. The molecule has 0 radical (unpaired) electrons. The summed E-state index contributed by atoms with van der Waals surface area (Å²) < 4.78 is 0. The smallest absolute Gasteiger partial charge is 0.223 e. The van der Waals surface area contributed by atoms with E-state index in [1.165, 1.54) is 0 Å². The van der Waals surface area contributed by atoms with E-state index < -0.39 is 0 Å². The second-order valence-corrected chi connectivity index (χ2v) is 6.50. The Morgan fingerprint density at radius 2 is 1.68 bits per heavy atom. The first-order valence-electron chi connectivity index (χ1n) is 8.90. The topological polar surface area (TPSA) is 56.4 Å². The summed E-state index contributed by atoms with van der Waals surface area (Å²) in [6.07, 6.45) is 2.05. The normalized spacial score (nSPS) is 15.1. The number of benzene rings is 1. The highest BCUT2D eigenvalue weighted by Crippen LogP contribution is 2.18. The van der Waals surface area contributed by atoms with Crippen molar-refractivity contribution in [1.29, 1.82) is 0 Å². The minimum Gasteiger partial charge on any atom is -0.358 e. The van der Waals surface area contributed by atoms with Crippen LogP contribution >= 0.6 is 0 Å². The number of hydrogen-bond acceptors (Lipinski definition) is 2. The lowest BCUT2D eigenvalue weighted by atomic mass is 10.2. The number of nitrogens with one attached hydrogen (secondary N) is 1. The molecule has 0 atom stereocenters. The minimum atomic E-state index is 0.0918. The standard InChI is InChI=1S/C20H25N3O2/c1-16(24)22-12-5-13-23(15-14-22)20(25)11-9-18-8-10-19(21-18)17-6-3-2-4-7-17/h2-4,6-8,10,21H,5,9,11-15H2,1H3. The van der Waals surface area contributed by atoms with Crippen molar-refractivity contribution in [2.24, 2.45) is 0 Å². The van der Waals surface area contributed by atoms with Crippen LogP contribution in [0.5, 0.6) is 0 Å². The molecule has 1 fully saturated rings. The first-order valence-corrected chi connectivity index (χ1v) is 8.90. The Hall–Kier alpha value is -2.56. The second-order valence-electron chi connectivity index (χ2n) is 6.50. The summed E-state index contributed by atoms with van der Waals surface area (Å²) in [6, 6.07) is 14.3. The quantitative estimate of drug-likeness (QED) is 0.931. The van der Waals surface area contributed by atoms with Gasteiger partial charge in [-0.25, -0.2) is 0 Å². The summed E-state index contributed by atoms with van der Waals surface area (Å²) in [5.41, 5.74) is 3.30. The number of nitrogens with zero attached hydrogens (tertiary/aromatic N) is 2. The van der Waals surface area contributed by atoms with Gasteiger partial charge < -0.3 is 14.8 Å². The molecule has 132 valence electrons. The Morgan fingerprint density at radius 1 is 0.960 bits per heavy atom. The lowest BCUT2D eigenvalue weighted by Gasteiger charge is -2.21. The van der Waals surface area contributed by atoms with Gasteiger partial charge in [0.15, 0.2) is 0 Å². The molecule has 0 spiro atoms. The Bertz CT molecular complexity index is 724. The SMILES string of the molecule is CC(=O)N1CCCN(C(=O)CCc2ccc(-c3ccccc3)[nH]2)CC1. The van der Waals surface area contributed by atoms with Crippen LogP contribution in [0.3, 0.4) is 0 Å². The lowest BCUT2D eigenvalue weighted by molar-refractivity contribution is -0.132. The molecule has 0 aliphatic carbocycles. The largest absolute Gasteiger partial charge is 0.358 e. The van der Waals surface area contributed by atoms with Gasteiger partial charge in [0.2, 0.25) is 11.8 Å². The third-order valence-electron chi connectivity index (χ3n) is 4.73. The predicted octanol–water partition coefficient (Wildman–Crippen LogP) is 2.70. The summed E-state index contributed by atoms with van der Waals surface area (Å²) >= 11 is 0. The van der Waals surface area contributed by atoms with Crippen molar-refractivity contribution in [2.45, 2.75) is 26.2 Å². The number of aromatic nitrogens is 1. The molecule has 2 amide bonds. The fraction of sp³-hybridized carbons (Fsp3) is 0.400. The van der Waals surface area contributed by atoms with E-state index in [0.717, 1.165) is 36.5 Å². The van der Waals surface area contributed by atoms with Crippen molar-refractivity contribution in [1.82, 2.24) is 14.8 Å². The van der Waals surface area contributed by atoms with E-state index in [9.17, 15) is 9.59 Å². The van der Waals surface area contributed by atoms with Crippen molar-refractivity contribution in [3.8, 4) is 11.3 Å². The van der Waals surface area contributed by atoms with E-state index in [1.54, 1.807) is 6.92 Å². The zero-order chi connectivity index (χ0) is 17.6. The van der Waals surface area contributed by atoms with Crippen molar-refractivity contribution in [2.75, 3.05) is 26.2 Å². The van der Waals surface area contributed by atoms with Crippen LogP contribution in [-0.2, 0) is 16.0 Å². The van der Waals surface area contributed by atoms with Gasteiger partial charge in [-0.15, -0.1) is 0 Å². The maximum Gasteiger partial charge on any atom is 0.223 e. The monoisotopic (exact) mass is 339 g/mol. The Morgan fingerprint density at radius 3 is 2.44 bits per heavy atom. The predicted molar refractivity (Wildman–Crippen MR) is 98.0 cm³/mol. The molecular formula is C20H25N3O2.